The fraction of sp³-hybridized carbons (Fsp3) is 0.850. The van der Waals surface area contributed by atoms with Gasteiger partial charge in [-0.2, -0.15) is 0 Å². The molecule has 1 saturated carbocycles. The normalized spacial score (nSPS) is 33.2. The van der Waals surface area contributed by atoms with Crippen LogP contribution in [0.4, 0.5) is 4.39 Å². The van der Waals surface area contributed by atoms with Gasteiger partial charge in [0.1, 0.15) is 11.9 Å². The number of hydrogen-bond donors (Lipinski definition) is 3. The van der Waals surface area contributed by atoms with Crippen LogP contribution in [0.1, 0.15) is 71.1 Å². The summed E-state index contributed by atoms with van der Waals surface area (Å²) in [5.41, 5.74) is 0. The van der Waals surface area contributed by atoms with Crippen molar-refractivity contribution in [3.05, 3.63) is 11.8 Å². The van der Waals surface area contributed by atoms with Crippen LogP contribution in [0.2, 0.25) is 0 Å². The van der Waals surface area contributed by atoms with Crippen LogP contribution in [0.3, 0.4) is 0 Å². The predicted molar refractivity (Wildman–Crippen MR) is 96.3 cm³/mol. The Hall–Kier alpha value is -1.14. The molecule has 0 spiro atoms. The molecule has 3 N–H and O–H groups in total. The van der Waals surface area contributed by atoms with E-state index in [1.807, 2.05) is 0 Å². The maximum atomic E-state index is 14.8. The molecule has 2 rings (SSSR count). The summed E-state index contributed by atoms with van der Waals surface area (Å²) in [6.07, 6.45) is 5.70. The minimum atomic E-state index is -1.25. The van der Waals surface area contributed by atoms with Gasteiger partial charge in [0.15, 0.2) is 6.17 Å². The molecule has 1 heterocycles. The highest BCUT2D eigenvalue weighted by molar-refractivity contribution is 5.66. The number of ether oxygens (including phenoxy) is 1. The van der Waals surface area contributed by atoms with Gasteiger partial charge in [0.2, 0.25) is 0 Å². The number of unbranched alkanes of at least 4 members (excludes halogenated alkanes) is 3. The summed E-state index contributed by atoms with van der Waals surface area (Å²) in [6, 6.07) is 0. The summed E-state index contributed by atoms with van der Waals surface area (Å²) in [4.78, 5) is 10.5. The number of carboxylic acids is 1. The van der Waals surface area contributed by atoms with Gasteiger partial charge in [-0.05, 0) is 44.1 Å². The molecule has 150 valence electrons. The van der Waals surface area contributed by atoms with Gasteiger partial charge in [0.25, 0.3) is 0 Å². The fourth-order valence-electron chi connectivity index (χ4n) is 4.27. The highest BCUT2D eigenvalue weighted by Crippen LogP contribution is 2.48. The smallest absolute Gasteiger partial charge is 0.303 e. The lowest BCUT2D eigenvalue weighted by Gasteiger charge is -2.22. The maximum Gasteiger partial charge on any atom is 0.303 e. The Morgan fingerprint density at radius 1 is 1.35 bits per heavy atom. The van der Waals surface area contributed by atoms with Gasteiger partial charge in [-0.25, -0.2) is 4.39 Å². The van der Waals surface area contributed by atoms with E-state index in [9.17, 15) is 19.4 Å². The minimum Gasteiger partial charge on any atom is -0.491 e. The van der Waals surface area contributed by atoms with Crippen LogP contribution in [-0.2, 0) is 9.53 Å². The van der Waals surface area contributed by atoms with E-state index >= 15 is 0 Å². The van der Waals surface area contributed by atoms with E-state index in [0.29, 0.717) is 37.9 Å². The molecule has 0 unspecified atom stereocenters. The molecule has 2 fully saturated rings. The summed E-state index contributed by atoms with van der Waals surface area (Å²) in [5.74, 6) is -1.12. The van der Waals surface area contributed by atoms with Crippen LogP contribution in [0.15, 0.2) is 11.8 Å². The quantitative estimate of drug-likeness (QED) is 0.483. The molecule has 5 nitrogen and oxygen atoms in total. The summed E-state index contributed by atoms with van der Waals surface area (Å²) in [5, 5.41) is 29.0. The lowest BCUT2D eigenvalue weighted by Crippen LogP contribution is -2.27. The number of aliphatic hydroxyl groups excluding tert-OH is 2. The number of carboxylic acid groups (broad SMARTS) is 1. The largest absolute Gasteiger partial charge is 0.491 e. The highest BCUT2D eigenvalue weighted by atomic mass is 19.1. The molecule has 1 aliphatic carbocycles. The van der Waals surface area contributed by atoms with E-state index in [1.54, 1.807) is 6.08 Å². The van der Waals surface area contributed by atoms with Crippen LogP contribution >= 0.6 is 0 Å². The third-order valence-electron chi connectivity index (χ3n) is 5.70. The molecule has 0 aromatic heterocycles. The number of rotatable bonds is 11. The van der Waals surface area contributed by atoms with Gasteiger partial charge in [0.05, 0.1) is 12.2 Å². The maximum absolute atomic E-state index is 14.8. The van der Waals surface area contributed by atoms with Crippen molar-refractivity contribution in [1.82, 2.24) is 0 Å². The third kappa shape index (κ3) is 5.68. The Kier molecular flexibility index (Phi) is 8.35. The van der Waals surface area contributed by atoms with Gasteiger partial charge >= 0.3 is 5.97 Å². The van der Waals surface area contributed by atoms with Crippen LogP contribution in [0.5, 0.6) is 0 Å². The number of aliphatic hydroxyl groups is 2. The molecule has 6 atom stereocenters. The number of alkyl halides is 1. The molecular weight excluding hydrogens is 339 g/mol. The first kappa shape index (κ1) is 21.2. The molecule has 0 radical (unpaired) electrons. The third-order valence-corrected chi connectivity index (χ3v) is 5.70. The van der Waals surface area contributed by atoms with Gasteiger partial charge < -0.3 is 20.1 Å². The first-order valence-corrected chi connectivity index (χ1v) is 10.0. The molecule has 0 bridgehead atoms. The average Bonchev–Trinajstić information content (AvgIpc) is 3.05. The minimum absolute atomic E-state index is 0.0604. The lowest BCUT2D eigenvalue weighted by atomic mass is 9.85. The highest BCUT2D eigenvalue weighted by Gasteiger charge is 2.53. The zero-order valence-corrected chi connectivity index (χ0v) is 15.6. The topological polar surface area (TPSA) is 87.0 Å². The van der Waals surface area contributed by atoms with Crippen molar-refractivity contribution in [3.8, 4) is 0 Å². The number of fused-ring (bicyclic) bond motifs is 1. The van der Waals surface area contributed by atoms with Crippen molar-refractivity contribution in [2.24, 2.45) is 11.8 Å². The van der Waals surface area contributed by atoms with Crippen LogP contribution in [0.25, 0.3) is 0 Å². The van der Waals surface area contributed by atoms with E-state index in [1.165, 1.54) is 0 Å². The fourth-order valence-corrected chi connectivity index (χ4v) is 4.27. The number of aliphatic carboxylic acids is 1. The number of hydrogen-bond acceptors (Lipinski definition) is 4. The van der Waals surface area contributed by atoms with Crippen molar-refractivity contribution >= 4 is 5.97 Å². The van der Waals surface area contributed by atoms with Crippen molar-refractivity contribution < 1.29 is 29.2 Å². The predicted octanol–water partition coefficient (Wildman–Crippen LogP) is 3.58. The van der Waals surface area contributed by atoms with Gasteiger partial charge in [-0.3, -0.25) is 4.79 Å². The second-order valence-corrected chi connectivity index (χ2v) is 7.72. The van der Waals surface area contributed by atoms with E-state index in [2.05, 4.69) is 6.92 Å². The van der Waals surface area contributed by atoms with Crippen molar-refractivity contribution in [1.29, 1.82) is 0 Å². The Balaban J connectivity index is 1.84. The number of carbonyl (C=O) groups is 1. The van der Waals surface area contributed by atoms with Gasteiger partial charge in [0, 0.05) is 18.8 Å². The zero-order chi connectivity index (χ0) is 19.1. The van der Waals surface area contributed by atoms with Crippen LogP contribution in [-0.4, -0.2) is 45.8 Å². The molecule has 1 aliphatic heterocycles. The van der Waals surface area contributed by atoms with Crippen LogP contribution in [0, 0.1) is 11.8 Å². The van der Waals surface area contributed by atoms with E-state index in [-0.39, 0.29) is 30.5 Å². The average molecular weight is 372 g/mol. The van der Waals surface area contributed by atoms with E-state index in [4.69, 9.17) is 9.84 Å². The second-order valence-electron chi connectivity index (χ2n) is 7.72. The summed E-state index contributed by atoms with van der Waals surface area (Å²) in [6.45, 7) is 2.12. The zero-order valence-electron chi connectivity index (χ0n) is 15.6. The molecule has 0 aromatic carbocycles. The molecule has 2 aliphatic rings. The van der Waals surface area contributed by atoms with Crippen molar-refractivity contribution in [2.75, 3.05) is 0 Å². The Morgan fingerprint density at radius 2 is 2.12 bits per heavy atom. The monoisotopic (exact) mass is 372 g/mol. The molecule has 26 heavy (non-hydrogen) atoms. The standard InChI is InChI=1S/C20H33FO5/c1-2-3-4-7-13(22)10-11-14-15(23)12-17-19(14)20(21)16(26-17)8-5-6-9-18(24)25/h8,13-15,17,19-20,22-23H,2-7,9-12H2,1H3,(H,24,25)/b16-8-/t13-,14-,15+,17+,19+,20+/m0/s1. The summed E-state index contributed by atoms with van der Waals surface area (Å²) < 4.78 is 20.5. The van der Waals surface area contributed by atoms with Gasteiger partial charge in [-0.15, -0.1) is 0 Å². The molecule has 6 heteroatoms. The lowest BCUT2D eigenvalue weighted by molar-refractivity contribution is -0.137. The Labute approximate surface area is 155 Å². The Morgan fingerprint density at radius 3 is 2.81 bits per heavy atom. The first-order valence-electron chi connectivity index (χ1n) is 10.0. The van der Waals surface area contributed by atoms with E-state index in [0.717, 1.165) is 25.7 Å². The molecule has 0 aromatic rings. The number of halogens is 1. The Bertz CT molecular complexity index is 481. The SMILES string of the molecule is CCCCC[C@H](O)CC[C@@H]1[C@H]2[C@H](F)/C(=C/CCCC(=O)O)O[C@@H]2C[C@H]1O. The van der Waals surface area contributed by atoms with Crippen molar-refractivity contribution in [2.45, 2.75) is 95.6 Å². The molecule has 0 amide bonds. The summed E-state index contributed by atoms with van der Waals surface area (Å²) in [7, 11) is 0. The summed E-state index contributed by atoms with van der Waals surface area (Å²) >= 11 is 0. The van der Waals surface area contributed by atoms with Crippen molar-refractivity contribution in [3.63, 3.8) is 0 Å². The second kappa shape index (κ2) is 10.3. The molecule has 1 saturated heterocycles. The van der Waals surface area contributed by atoms with Crippen LogP contribution < -0.4 is 0 Å². The first-order chi connectivity index (χ1) is 12.4. The van der Waals surface area contributed by atoms with Gasteiger partial charge in [-0.1, -0.05) is 26.2 Å². The molecular formula is C20H33FO5. The number of allylic oxidation sites excluding steroid dienone is 2. The van der Waals surface area contributed by atoms with E-state index < -0.39 is 18.2 Å².